The molecule has 0 unspecified atom stereocenters. The molecule has 9 aromatic carbocycles. The Kier molecular flexibility index (Phi) is 7.81. The Morgan fingerprint density at radius 1 is 0.352 bits per heavy atom. The largest absolute Gasteiger partial charge is 0.435 e. The van der Waals surface area contributed by atoms with Gasteiger partial charge >= 0.3 is 0 Å². The lowest BCUT2D eigenvalue weighted by Gasteiger charge is -2.26. The van der Waals surface area contributed by atoms with Crippen LogP contribution >= 0.6 is 0 Å². The summed E-state index contributed by atoms with van der Waals surface area (Å²) >= 11 is 0. The molecule has 0 aliphatic heterocycles. The molecule has 3 heteroatoms. The van der Waals surface area contributed by atoms with Gasteiger partial charge in [-0.1, -0.05) is 146 Å². The maximum Gasteiger partial charge on any atom is 0.227 e. The zero-order valence-electron chi connectivity index (χ0n) is 29.4. The zero-order chi connectivity index (χ0) is 35.8. The molecule has 0 N–H and O–H groups in total. The third-order valence-electron chi connectivity index (χ3n) is 10.3. The van der Waals surface area contributed by atoms with Crippen LogP contribution in [0, 0.1) is 0 Å². The second kappa shape index (κ2) is 13.4. The molecule has 54 heavy (non-hydrogen) atoms. The molecule has 1 aromatic heterocycles. The lowest BCUT2D eigenvalue weighted by molar-refractivity contribution is 0.623. The van der Waals surface area contributed by atoms with Crippen LogP contribution in [-0.2, 0) is 0 Å². The first kappa shape index (κ1) is 31.5. The first-order valence-corrected chi connectivity index (χ1v) is 18.3. The summed E-state index contributed by atoms with van der Waals surface area (Å²) in [5.41, 5.74) is 13.0. The van der Waals surface area contributed by atoms with Crippen molar-refractivity contribution in [3.05, 3.63) is 206 Å². The van der Waals surface area contributed by atoms with Crippen molar-refractivity contribution < 1.29 is 4.42 Å². The fourth-order valence-corrected chi connectivity index (χ4v) is 7.57. The Hall–Kier alpha value is -7.23. The molecule has 10 rings (SSSR count). The monoisotopic (exact) mass is 690 g/mol. The number of anilines is 3. The van der Waals surface area contributed by atoms with E-state index >= 15 is 0 Å². The van der Waals surface area contributed by atoms with Crippen molar-refractivity contribution in [3.63, 3.8) is 0 Å². The van der Waals surface area contributed by atoms with Crippen LogP contribution in [0.5, 0.6) is 0 Å². The normalized spacial score (nSPS) is 11.3. The summed E-state index contributed by atoms with van der Waals surface area (Å²) in [7, 11) is 0. The highest BCUT2D eigenvalue weighted by molar-refractivity contribution is 6.10. The van der Waals surface area contributed by atoms with E-state index in [9.17, 15) is 0 Å². The molecule has 0 radical (unpaired) electrons. The van der Waals surface area contributed by atoms with Crippen molar-refractivity contribution in [2.24, 2.45) is 0 Å². The highest BCUT2D eigenvalue weighted by Gasteiger charge is 2.17. The number of oxazole rings is 1. The Labute approximate surface area is 314 Å². The molecular formula is C51H34N2O. The van der Waals surface area contributed by atoms with Crippen molar-refractivity contribution in [2.75, 3.05) is 4.90 Å². The molecule has 0 atom stereocenters. The molecule has 0 aliphatic rings. The summed E-state index contributed by atoms with van der Waals surface area (Å²) in [5, 5.41) is 4.55. The van der Waals surface area contributed by atoms with Crippen LogP contribution in [0.1, 0.15) is 0 Å². The van der Waals surface area contributed by atoms with E-state index in [-0.39, 0.29) is 0 Å². The van der Waals surface area contributed by atoms with Crippen molar-refractivity contribution >= 4 is 49.7 Å². The van der Waals surface area contributed by atoms with Crippen LogP contribution in [-0.4, -0.2) is 4.98 Å². The summed E-state index contributed by atoms with van der Waals surface area (Å²) < 4.78 is 6.38. The summed E-state index contributed by atoms with van der Waals surface area (Å²) in [6.45, 7) is 0. The molecule has 0 saturated carbocycles. The summed E-state index contributed by atoms with van der Waals surface area (Å²) in [5.74, 6) is 0.637. The van der Waals surface area contributed by atoms with E-state index in [1.54, 1.807) is 0 Å². The van der Waals surface area contributed by atoms with E-state index in [4.69, 9.17) is 9.40 Å². The van der Waals surface area contributed by atoms with Crippen LogP contribution in [0.25, 0.3) is 77.5 Å². The predicted molar refractivity (Wildman–Crippen MR) is 225 cm³/mol. The van der Waals surface area contributed by atoms with Gasteiger partial charge in [-0.15, -0.1) is 0 Å². The van der Waals surface area contributed by atoms with Gasteiger partial charge in [-0.05, 0) is 110 Å². The highest BCUT2D eigenvalue weighted by atomic mass is 16.3. The zero-order valence-corrected chi connectivity index (χ0v) is 29.4. The molecule has 0 bridgehead atoms. The van der Waals surface area contributed by atoms with Crippen molar-refractivity contribution in [1.29, 1.82) is 0 Å². The van der Waals surface area contributed by atoms with Gasteiger partial charge in [0.2, 0.25) is 5.89 Å². The lowest BCUT2D eigenvalue weighted by Crippen LogP contribution is -2.10. The number of hydrogen-bond donors (Lipinski definition) is 0. The van der Waals surface area contributed by atoms with Crippen LogP contribution in [0.4, 0.5) is 17.1 Å². The Balaban J connectivity index is 1.05. The highest BCUT2D eigenvalue weighted by Crippen LogP contribution is 2.40. The van der Waals surface area contributed by atoms with Gasteiger partial charge in [0.15, 0.2) is 5.58 Å². The molecule has 0 amide bonds. The average molecular weight is 691 g/mol. The third-order valence-corrected chi connectivity index (χ3v) is 10.3. The SMILES string of the molecule is c1ccc(-c2ccc(N(c3cccc(-c4ccccc4)c3)c3ccc4cc(-c5cccc6c5ccc5nc(-c7ccccc7)oc56)ccc4c3)cc2)cc1. The summed E-state index contributed by atoms with van der Waals surface area (Å²) in [6.07, 6.45) is 0. The van der Waals surface area contributed by atoms with Crippen LogP contribution in [0.3, 0.4) is 0 Å². The quantitative estimate of drug-likeness (QED) is 0.167. The minimum Gasteiger partial charge on any atom is -0.435 e. The van der Waals surface area contributed by atoms with E-state index in [0.29, 0.717) is 5.89 Å². The minimum absolute atomic E-state index is 0.637. The van der Waals surface area contributed by atoms with E-state index in [1.165, 1.54) is 33.0 Å². The Bertz CT molecular complexity index is 2920. The lowest BCUT2D eigenvalue weighted by atomic mass is 9.95. The first-order chi connectivity index (χ1) is 26.7. The number of aromatic nitrogens is 1. The molecule has 0 fully saturated rings. The Morgan fingerprint density at radius 2 is 0.926 bits per heavy atom. The Morgan fingerprint density at radius 3 is 1.69 bits per heavy atom. The van der Waals surface area contributed by atoms with Gasteiger partial charge in [-0.2, -0.15) is 0 Å². The molecular weight excluding hydrogens is 657 g/mol. The number of rotatable bonds is 7. The van der Waals surface area contributed by atoms with Crippen LogP contribution in [0.15, 0.2) is 211 Å². The third kappa shape index (κ3) is 5.78. The fraction of sp³-hybridized carbons (Fsp3) is 0. The predicted octanol–water partition coefficient (Wildman–Crippen LogP) is 14.3. The van der Waals surface area contributed by atoms with Gasteiger partial charge in [0.05, 0.1) is 0 Å². The summed E-state index contributed by atoms with van der Waals surface area (Å²) in [4.78, 5) is 7.16. The van der Waals surface area contributed by atoms with E-state index in [0.717, 1.165) is 55.6 Å². The number of fused-ring (bicyclic) bond motifs is 4. The van der Waals surface area contributed by atoms with Crippen molar-refractivity contribution in [2.45, 2.75) is 0 Å². The van der Waals surface area contributed by atoms with Gasteiger partial charge < -0.3 is 9.32 Å². The number of hydrogen-bond acceptors (Lipinski definition) is 3. The minimum atomic E-state index is 0.637. The van der Waals surface area contributed by atoms with Gasteiger partial charge in [0, 0.05) is 28.0 Å². The van der Waals surface area contributed by atoms with E-state index in [1.807, 2.05) is 30.3 Å². The molecule has 0 spiro atoms. The van der Waals surface area contributed by atoms with Crippen molar-refractivity contribution in [1.82, 2.24) is 4.98 Å². The maximum atomic E-state index is 6.38. The van der Waals surface area contributed by atoms with Crippen molar-refractivity contribution in [3.8, 4) is 44.8 Å². The molecule has 10 aromatic rings. The second-order valence-electron chi connectivity index (χ2n) is 13.6. The molecule has 3 nitrogen and oxygen atoms in total. The van der Waals surface area contributed by atoms with Gasteiger partial charge in [0.1, 0.15) is 5.52 Å². The molecule has 1 heterocycles. The van der Waals surface area contributed by atoms with E-state index < -0.39 is 0 Å². The van der Waals surface area contributed by atoms with E-state index in [2.05, 4.69) is 181 Å². The first-order valence-electron chi connectivity index (χ1n) is 18.3. The smallest absolute Gasteiger partial charge is 0.227 e. The number of nitrogens with zero attached hydrogens (tertiary/aromatic N) is 2. The standard InChI is InChI=1S/C51H34N2O/c1-4-12-35(13-5-1)37-24-27-43(28-25-37)53(44-19-10-18-39(33-44)36-14-6-2-7-15-36)45-29-26-40-32-42(23-22-41(40)34-45)46-20-11-21-48-47(46)30-31-49-50(48)54-51(52-49)38-16-8-3-9-17-38/h1-34H. The van der Waals surface area contributed by atoms with Gasteiger partial charge in [0.25, 0.3) is 0 Å². The van der Waals surface area contributed by atoms with Gasteiger partial charge in [-0.25, -0.2) is 4.98 Å². The van der Waals surface area contributed by atoms with Gasteiger partial charge in [-0.3, -0.25) is 0 Å². The fourth-order valence-electron chi connectivity index (χ4n) is 7.57. The summed E-state index contributed by atoms with van der Waals surface area (Å²) in [6, 6.07) is 73.1. The molecule has 0 saturated heterocycles. The maximum absolute atomic E-state index is 6.38. The molecule has 254 valence electrons. The van der Waals surface area contributed by atoms with Crippen LogP contribution in [0.2, 0.25) is 0 Å². The van der Waals surface area contributed by atoms with Crippen LogP contribution < -0.4 is 4.90 Å². The second-order valence-corrected chi connectivity index (χ2v) is 13.6. The average Bonchev–Trinajstić information content (AvgIpc) is 3.70. The topological polar surface area (TPSA) is 29.3 Å². The number of benzene rings is 9. The molecule has 0 aliphatic carbocycles.